The molecule has 0 aliphatic heterocycles. The molecule has 0 saturated heterocycles. The average Bonchev–Trinajstić information content (AvgIpc) is 2.47. The first-order valence-electron chi connectivity index (χ1n) is 8.10. The summed E-state index contributed by atoms with van der Waals surface area (Å²) in [6.07, 6.45) is 11.0. The fourth-order valence-electron chi connectivity index (χ4n) is 2.60. The number of benzene rings is 1. The van der Waals surface area contributed by atoms with Gasteiger partial charge in [0.15, 0.2) is 0 Å². The summed E-state index contributed by atoms with van der Waals surface area (Å²) in [4.78, 5) is 0. The van der Waals surface area contributed by atoms with Gasteiger partial charge in [-0.05, 0) is 18.6 Å². The molecule has 1 rings (SSSR count). The van der Waals surface area contributed by atoms with Crippen molar-refractivity contribution in [2.45, 2.75) is 70.8 Å². The van der Waals surface area contributed by atoms with Crippen LogP contribution in [0.3, 0.4) is 0 Å². The van der Waals surface area contributed by atoms with E-state index in [-0.39, 0.29) is 11.9 Å². The number of nitrogens with one attached hydrogen (secondary N) is 1. The Balaban J connectivity index is 2.25. The highest BCUT2D eigenvalue weighted by atomic mass is 35.5. The third-order valence-corrected chi connectivity index (χ3v) is 4.12. The van der Waals surface area contributed by atoms with Gasteiger partial charge in [-0.3, -0.25) is 11.3 Å². The van der Waals surface area contributed by atoms with Crippen molar-refractivity contribution in [3.8, 4) is 0 Å². The molecule has 0 aliphatic carbocycles. The Morgan fingerprint density at radius 1 is 1.10 bits per heavy atom. The van der Waals surface area contributed by atoms with E-state index < -0.39 is 0 Å². The molecule has 0 radical (unpaired) electrons. The van der Waals surface area contributed by atoms with Crippen LogP contribution in [0.1, 0.15) is 76.3 Å². The van der Waals surface area contributed by atoms with Crippen molar-refractivity contribution in [3.05, 3.63) is 34.6 Å². The van der Waals surface area contributed by atoms with Crippen molar-refractivity contribution in [2.24, 2.45) is 5.84 Å². The molecule has 1 unspecified atom stereocenters. The number of hydrogen-bond donors (Lipinski definition) is 2. The Labute approximate surface area is 133 Å². The van der Waals surface area contributed by atoms with E-state index in [2.05, 4.69) is 12.3 Å². The number of halogens is 2. The molecule has 0 aliphatic rings. The molecule has 0 heterocycles. The van der Waals surface area contributed by atoms with Gasteiger partial charge >= 0.3 is 0 Å². The van der Waals surface area contributed by atoms with Crippen molar-refractivity contribution < 1.29 is 4.39 Å². The summed E-state index contributed by atoms with van der Waals surface area (Å²) in [5, 5.41) is 0.416. The fourth-order valence-corrected chi connectivity index (χ4v) is 2.75. The Hall–Kier alpha value is -0.640. The molecule has 1 aromatic rings. The lowest BCUT2D eigenvalue weighted by Crippen LogP contribution is -2.28. The van der Waals surface area contributed by atoms with E-state index in [1.807, 2.05) is 0 Å². The van der Waals surface area contributed by atoms with Crippen LogP contribution in [-0.4, -0.2) is 0 Å². The highest BCUT2D eigenvalue weighted by Crippen LogP contribution is 2.24. The summed E-state index contributed by atoms with van der Waals surface area (Å²) >= 11 is 5.77. The highest BCUT2D eigenvalue weighted by Gasteiger charge is 2.14. The molecule has 1 atom stereocenters. The van der Waals surface area contributed by atoms with Crippen LogP contribution in [0.2, 0.25) is 5.02 Å². The van der Waals surface area contributed by atoms with Crippen LogP contribution in [0.25, 0.3) is 0 Å². The van der Waals surface area contributed by atoms with E-state index in [9.17, 15) is 4.39 Å². The zero-order valence-corrected chi connectivity index (χ0v) is 13.8. The molecule has 3 N–H and O–H groups in total. The largest absolute Gasteiger partial charge is 0.271 e. The zero-order chi connectivity index (χ0) is 15.5. The molecule has 120 valence electrons. The summed E-state index contributed by atoms with van der Waals surface area (Å²) in [5.41, 5.74) is 3.32. The van der Waals surface area contributed by atoms with Crippen LogP contribution in [-0.2, 0) is 0 Å². The van der Waals surface area contributed by atoms with Gasteiger partial charge in [0.1, 0.15) is 5.82 Å². The predicted molar refractivity (Wildman–Crippen MR) is 88.7 cm³/mol. The second-order valence-electron chi connectivity index (χ2n) is 5.65. The number of hydrazine groups is 1. The first-order chi connectivity index (χ1) is 10.2. The number of nitrogens with two attached hydrogens (primary N) is 1. The SMILES string of the molecule is CCCCCCCCCCC(NN)c1ccc(Cl)cc1F. The fraction of sp³-hybridized carbons (Fsp3) is 0.647. The minimum Gasteiger partial charge on any atom is -0.271 e. The van der Waals surface area contributed by atoms with Gasteiger partial charge in [0.25, 0.3) is 0 Å². The molecule has 0 bridgehead atoms. The Bertz CT molecular complexity index is 398. The van der Waals surface area contributed by atoms with E-state index in [0.29, 0.717) is 10.6 Å². The number of hydrogen-bond acceptors (Lipinski definition) is 2. The summed E-state index contributed by atoms with van der Waals surface area (Å²) in [6.45, 7) is 2.23. The molecule has 0 amide bonds. The second-order valence-corrected chi connectivity index (χ2v) is 6.09. The zero-order valence-electron chi connectivity index (χ0n) is 13.0. The topological polar surface area (TPSA) is 38.0 Å². The first-order valence-corrected chi connectivity index (χ1v) is 8.48. The molecular formula is C17H28ClFN2. The Morgan fingerprint density at radius 3 is 2.29 bits per heavy atom. The van der Waals surface area contributed by atoms with Gasteiger partial charge in [-0.1, -0.05) is 76.0 Å². The molecule has 2 nitrogen and oxygen atoms in total. The third-order valence-electron chi connectivity index (χ3n) is 3.89. The van der Waals surface area contributed by atoms with Crippen LogP contribution in [0, 0.1) is 5.82 Å². The summed E-state index contributed by atoms with van der Waals surface area (Å²) < 4.78 is 13.9. The van der Waals surface area contributed by atoms with Crippen molar-refractivity contribution in [2.75, 3.05) is 0 Å². The van der Waals surface area contributed by atoms with Crippen LogP contribution >= 0.6 is 11.6 Å². The standard InChI is InChI=1S/C17H28ClFN2/c1-2-3-4-5-6-7-8-9-10-17(21-20)15-12-11-14(18)13-16(15)19/h11-13,17,21H,2-10,20H2,1H3. The minimum atomic E-state index is -0.287. The molecule has 0 spiro atoms. The number of unbranched alkanes of at least 4 members (excludes halogenated alkanes) is 7. The Kier molecular flexibility index (Phi) is 9.64. The normalized spacial score (nSPS) is 12.6. The van der Waals surface area contributed by atoms with E-state index in [1.165, 1.54) is 51.0 Å². The second kappa shape index (κ2) is 11.0. The van der Waals surface area contributed by atoms with E-state index >= 15 is 0 Å². The van der Waals surface area contributed by atoms with Gasteiger partial charge < -0.3 is 0 Å². The van der Waals surface area contributed by atoms with Crippen LogP contribution in [0.4, 0.5) is 4.39 Å². The van der Waals surface area contributed by atoms with E-state index in [0.717, 1.165) is 12.8 Å². The molecule has 0 fully saturated rings. The van der Waals surface area contributed by atoms with Crippen LogP contribution in [0.5, 0.6) is 0 Å². The maximum atomic E-state index is 13.9. The van der Waals surface area contributed by atoms with Crippen molar-refractivity contribution >= 4 is 11.6 Å². The van der Waals surface area contributed by atoms with Crippen LogP contribution < -0.4 is 11.3 Å². The molecule has 21 heavy (non-hydrogen) atoms. The van der Waals surface area contributed by atoms with Gasteiger partial charge in [-0.25, -0.2) is 4.39 Å². The lowest BCUT2D eigenvalue weighted by atomic mass is 9.99. The Morgan fingerprint density at radius 2 is 1.71 bits per heavy atom. The van der Waals surface area contributed by atoms with Crippen LogP contribution in [0.15, 0.2) is 18.2 Å². The van der Waals surface area contributed by atoms with Crippen molar-refractivity contribution in [1.29, 1.82) is 0 Å². The molecule has 0 saturated carbocycles. The van der Waals surface area contributed by atoms with Gasteiger partial charge in [-0.15, -0.1) is 0 Å². The summed E-state index contributed by atoms with van der Waals surface area (Å²) in [7, 11) is 0. The van der Waals surface area contributed by atoms with Gasteiger partial charge in [0.05, 0.1) is 0 Å². The highest BCUT2D eigenvalue weighted by molar-refractivity contribution is 6.30. The lowest BCUT2D eigenvalue weighted by Gasteiger charge is -2.17. The molecule has 0 aromatic heterocycles. The van der Waals surface area contributed by atoms with Gasteiger partial charge in [0, 0.05) is 16.6 Å². The summed E-state index contributed by atoms with van der Waals surface area (Å²) in [6, 6.07) is 4.63. The maximum Gasteiger partial charge on any atom is 0.129 e. The van der Waals surface area contributed by atoms with Gasteiger partial charge in [-0.2, -0.15) is 0 Å². The average molecular weight is 315 g/mol. The summed E-state index contributed by atoms with van der Waals surface area (Å²) in [5.74, 6) is 5.27. The first kappa shape index (κ1) is 18.4. The lowest BCUT2D eigenvalue weighted by molar-refractivity contribution is 0.456. The number of rotatable bonds is 11. The van der Waals surface area contributed by atoms with E-state index in [1.54, 1.807) is 12.1 Å². The van der Waals surface area contributed by atoms with E-state index in [4.69, 9.17) is 17.4 Å². The smallest absolute Gasteiger partial charge is 0.129 e. The molecular weight excluding hydrogens is 287 g/mol. The minimum absolute atomic E-state index is 0.137. The quantitative estimate of drug-likeness (QED) is 0.321. The van der Waals surface area contributed by atoms with Crippen molar-refractivity contribution in [3.63, 3.8) is 0 Å². The monoisotopic (exact) mass is 314 g/mol. The van der Waals surface area contributed by atoms with Crippen molar-refractivity contribution in [1.82, 2.24) is 5.43 Å². The third kappa shape index (κ3) is 7.25. The van der Waals surface area contributed by atoms with Gasteiger partial charge in [0.2, 0.25) is 0 Å². The maximum absolute atomic E-state index is 13.9. The predicted octanol–water partition coefficient (Wildman–Crippen LogP) is 5.51. The molecule has 4 heteroatoms. The molecule has 1 aromatic carbocycles.